The summed E-state index contributed by atoms with van der Waals surface area (Å²) in [6, 6.07) is 0.189. The van der Waals surface area contributed by atoms with E-state index >= 15 is 0 Å². The van der Waals surface area contributed by atoms with Crippen LogP contribution in [0, 0.1) is 11.8 Å². The molecule has 0 aromatic rings. The Kier molecular flexibility index (Phi) is 3.79. The SMILES string of the molecule is CCC1OCCC1C(N)C1CC(C)(C)OC1(C)C. The van der Waals surface area contributed by atoms with Crippen molar-refractivity contribution >= 4 is 0 Å². The van der Waals surface area contributed by atoms with Gasteiger partial charge in [-0.3, -0.25) is 0 Å². The molecule has 2 rings (SSSR count). The first kappa shape index (κ1) is 14.3. The fourth-order valence-corrected chi connectivity index (χ4v) is 4.03. The quantitative estimate of drug-likeness (QED) is 0.843. The topological polar surface area (TPSA) is 44.5 Å². The second kappa shape index (κ2) is 4.77. The van der Waals surface area contributed by atoms with Gasteiger partial charge in [0.15, 0.2) is 0 Å². The van der Waals surface area contributed by atoms with Crippen LogP contribution in [0.3, 0.4) is 0 Å². The van der Waals surface area contributed by atoms with Crippen LogP contribution in [-0.2, 0) is 9.47 Å². The van der Waals surface area contributed by atoms with Crippen LogP contribution in [0.1, 0.15) is 53.9 Å². The molecule has 2 aliphatic heterocycles. The molecule has 2 saturated heterocycles. The van der Waals surface area contributed by atoms with Crippen molar-refractivity contribution in [2.75, 3.05) is 6.61 Å². The third-order valence-corrected chi connectivity index (χ3v) is 4.77. The fraction of sp³-hybridized carbons (Fsp3) is 1.00. The van der Waals surface area contributed by atoms with Crippen molar-refractivity contribution < 1.29 is 9.47 Å². The lowest BCUT2D eigenvalue weighted by molar-refractivity contribution is -0.0791. The van der Waals surface area contributed by atoms with Crippen molar-refractivity contribution in [3.63, 3.8) is 0 Å². The molecule has 2 fully saturated rings. The molecule has 0 saturated carbocycles. The zero-order valence-electron chi connectivity index (χ0n) is 12.5. The predicted molar refractivity (Wildman–Crippen MR) is 73.5 cm³/mol. The van der Waals surface area contributed by atoms with Gasteiger partial charge in [0.25, 0.3) is 0 Å². The standard InChI is InChI=1S/C15H29NO2/c1-6-12-10(7-8-17-12)13(16)11-9-14(2,3)18-15(11,4)5/h10-13H,6-9,16H2,1-5H3. The van der Waals surface area contributed by atoms with Crippen molar-refractivity contribution in [1.29, 1.82) is 0 Å². The lowest BCUT2D eigenvalue weighted by atomic mass is 9.75. The van der Waals surface area contributed by atoms with Crippen LogP contribution in [0.15, 0.2) is 0 Å². The summed E-state index contributed by atoms with van der Waals surface area (Å²) >= 11 is 0. The minimum atomic E-state index is -0.121. The highest BCUT2D eigenvalue weighted by molar-refractivity contribution is 5.02. The molecule has 4 unspecified atom stereocenters. The van der Waals surface area contributed by atoms with Crippen LogP contribution in [0.4, 0.5) is 0 Å². The summed E-state index contributed by atoms with van der Waals surface area (Å²) in [6.45, 7) is 11.8. The van der Waals surface area contributed by atoms with Gasteiger partial charge in [-0.25, -0.2) is 0 Å². The zero-order valence-corrected chi connectivity index (χ0v) is 12.5. The summed E-state index contributed by atoms with van der Waals surface area (Å²) in [5, 5.41) is 0. The van der Waals surface area contributed by atoms with Crippen LogP contribution in [0.25, 0.3) is 0 Å². The molecule has 3 heteroatoms. The molecule has 2 heterocycles. The van der Waals surface area contributed by atoms with Gasteiger partial charge in [0.05, 0.1) is 17.3 Å². The van der Waals surface area contributed by atoms with Gasteiger partial charge in [-0.05, 0) is 47.0 Å². The highest BCUT2D eigenvalue weighted by Crippen LogP contribution is 2.46. The second-order valence-corrected chi connectivity index (χ2v) is 7.12. The van der Waals surface area contributed by atoms with Gasteiger partial charge in [-0.2, -0.15) is 0 Å². The molecule has 18 heavy (non-hydrogen) atoms. The number of ether oxygens (including phenoxy) is 2. The molecule has 2 N–H and O–H groups in total. The van der Waals surface area contributed by atoms with Crippen molar-refractivity contribution in [2.24, 2.45) is 17.6 Å². The van der Waals surface area contributed by atoms with E-state index in [4.69, 9.17) is 15.2 Å². The summed E-state index contributed by atoms with van der Waals surface area (Å²) in [6.07, 6.45) is 3.57. The Hall–Kier alpha value is -0.120. The van der Waals surface area contributed by atoms with Gasteiger partial charge in [-0.1, -0.05) is 6.92 Å². The highest BCUT2D eigenvalue weighted by Gasteiger charge is 2.51. The molecule has 3 nitrogen and oxygen atoms in total. The van der Waals surface area contributed by atoms with E-state index in [1.165, 1.54) is 0 Å². The Bertz CT molecular complexity index is 301. The molecule has 0 radical (unpaired) electrons. The van der Waals surface area contributed by atoms with Crippen molar-refractivity contribution in [2.45, 2.75) is 77.2 Å². The molecule has 0 aliphatic carbocycles. The molecule has 0 amide bonds. The van der Waals surface area contributed by atoms with Crippen LogP contribution < -0.4 is 5.73 Å². The van der Waals surface area contributed by atoms with Gasteiger partial charge in [-0.15, -0.1) is 0 Å². The first-order chi connectivity index (χ1) is 8.27. The zero-order chi connectivity index (χ0) is 13.6. The highest BCUT2D eigenvalue weighted by atomic mass is 16.5. The first-order valence-corrected chi connectivity index (χ1v) is 7.34. The van der Waals surface area contributed by atoms with Crippen molar-refractivity contribution in [1.82, 2.24) is 0 Å². The van der Waals surface area contributed by atoms with Gasteiger partial charge < -0.3 is 15.2 Å². The summed E-state index contributed by atoms with van der Waals surface area (Å²) in [5.41, 5.74) is 6.42. The van der Waals surface area contributed by atoms with E-state index in [1.807, 2.05) is 0 Å². The fourth-order valence-electron chi connectivity index (χ4n) is 4.03. The number of hydrogen-bond donors (Lipinski definition) is 1. The summed E-state index contributed by atoms with van der Waals surface area (Å²) in [7, 11) is 0. The van der Waals surface area contributed by atoms with Gasteiger partial charge in [0.2, 0.25) is 0 Å². The Morgan fingerprint density at radius 2 is 1.94 bits per heavy atom. The van der Waals surface area contributed by atoms with Crippen LogP contribution >= 0.6 is 0 Å². The van der Waals surface area contributed by atoms with Gasteiger partial charge >= 0.3 is 0 Å². The maximum atomic E-state index is 6.59. The van der Waals surface area contributed by atoms with E-state index in [2.05, 4.69) is 34.6 Å². The smallest absolute Gasteiger partial charge is 0.0677 e. The van der Waals surface area contributed by atoms with E-state index in [0.29, 0.717) is 17.9 Å². The minimum Gasteiger partial charge on any atom is -0.378 e. The second-order valence-electron chi connectivity index (χ2n) is 7.12. The Morgan fingerprint density at radius 3 is 2.44 bits per heavy atom. The average molecular weight is 255 g/mol. The molecule has 106 valence electrons. The Labute approximate surface area is 111 Å². The molecule has 2 aliphatic rings. The van der Waals surface area contributed by atoms with E-state index in [1.54, 1.807) is 0 Å². The maximum absolute atomic E-state index is 6.59. The summed E-state index contributed by atoms with van der Waals surface area (Å²) in [5.74, 6) is 0.921. The van der Waals surface area contributed by atoms with Crippen LogP contribution in [-0.4, -0.2) is 30.0 Å². The van der Waals surface area contributed by atoms with E-state index in [9.17, 15) is 0 Å². The number of nitrogens with two attached hydrogens (primary N) is 1. The van der Waals surface area contributed by atoms with E-state index in [-0.39, 0.29) is 17.2 Å². The van der Waals surface area contributed by atoms with Gasteiger partial charge in [0.1, 0.15) is 0 Å². The first-order valence-electron chi connectivity index (χ1n) is 7.34. The molecule has 0 bridgehead atoms. The summed E-state index contributed by atoms with van der Waals surface area (Å²) in [4.78, 5) is 0. The van der Waals surface area contributed by atoms with Crippen LogP contribution in [0.5, 0.6) is 0 Å². The Balaban J connectivity index is 2.11. The predicted octanol–water partition coefficient (Wildman–Crippen LogP) is 2.72. The average Bonchev–Trinajstić information content (AvgIpc) is 2.78. The van der Waals surface area contributed by atoms with Crippen molar-refractivity contribution in [3.05, 3.63) is 0 Å². The lowest BCUT2D eigenvalue weighted by Gasteiger charge is -2.35. The van der Waals surface area contributed by atoms with Crippen molar-refractivity contribution in [3.8, 4) is 0 Å². The third kappa shape index (κ3) is 2.59. The molecular weight excluding hydrogens is 226 g/mol. The lowest BCUT2D eigenvalue weighted by Crippen LogP contribution is -2.47. The molecule has 4 atom stereocenters. The van der Waals surface area contributed by atoms with E-state index in [0.717, 1.165) is 25.9 Å². The molecule has 0 spiro atoms. The monoisotopic (exact) mass is 255 g/mol. The molecular formula is C15H29NO2. The van der Waals surface area contributed by atoms with Crippen LogP contribution in [0.2, 0.25) is 0 Å². The third-order valence-electron chi connectivity index (χ3n) is 4.77. The normalized spacial score (nSPS) is 40.0. The summed E-state index contributed by atoms with van der Waals surface area (Å²) < 4.78 is 12.0. The van der Waals surface area contributed by atoms with Gasteiger partial charge in [0, 0.05) is 24.5 Å². The van der Waals surface area contributed by atoms with E-state index < -0.39 is 0 Å². The minimum absolute atomic E-state index is 0.0487. The molecule has 0 aromatic carbocycles. The largest absolute Gasteiger partial charge is 0.378 e. The number of hydrogen-bond acceptors (Lipinski definition) is 3. The Morgan fingerprint density at radius 1 is 1.28 bits per heavy atom. The maximum Gasteiger partial charge on any atom is 0.0677 e. The number of rotatable bonds is 3. The molecule has 0 aromatic heterocycles.